The number of thiophene rings is 1. The molecule has 0 saturated heterocycles. The molecule has 0 spiro atoms. The van der Waals surface area contributed by atoms with E-state index in [1.807, 2.05) is 48.7 Å². The molecule has 2 aromatic heterocycles. The molecule has 2 heterocycles. The average Bonchev–Trinajstić information content (AvgIpc) is 3.34. The number of aryl methyl sites for hydroxylation is 2. The van der Waals surface area contributed by atoms with E-state index in [2.05, 4.69) is 36.3 Å². The Morgan fingerprint density at radius 2 is 1.75 bits per heavy atom. The third kappa shape index (κ3) is 3.88. The van der Waals surface area contributed by atoms with Crippen LogP contribution in [0, 0.1) is 13.8 Å². The zero-order chi connectivity index (χ0) is 19.5. The number of hydrogen-bond acceptors (Lipinski definition) is 5. The van der Waals surface area contributed by atoms with E-state index in [0.717, 1.165) is 21.2 Å². The number of nitrogens with zero attached hydrogens (tertiary/aromatic N) is 2. The van der Waals surface area contributed by atoms with Gasteiger partial charge < -0.3 is 4.74 Å². The molecule has 0 saturated carbocycles. The van der Waals surface area contributed by atoms with Gasteiger partial charge in [-0.2, -0.15) is 9.78 Å². The zero-order valence-electron chi connectivity index (χ0n) is 15.5. The summed E-state index contributed by atoms with van der Waals surface area (Å²) < 4.78 is 7.54. The van der Waals surface area contributed by atoms with E-state index < -0.39 is 0 Å². The molecular weight excluding hydrogens is 388 g/mol. The fraction of sp³-hybridized carbons (Fsp3) is 0.0909. The van der Waals surface area contributed by atoms with Crippen molar-refractivity contribution in [3.63, 3.8) is 0 Å². The molecule has 0 aliphatic rings. The Hall–Kier alpha value is -2.83. The monoisotopic (exact) mass is 406 g/mol. The van der Waals surface area contributed by atoms with Crippen LogP contribution in [0.25, 0.3) is 5.69 Å². The molecule has 0 aliphatic heterocycles. The summed E-state index contributed by atoms with van der Waals surface area (Å²) in [5.74, 6) is 0.0607. The lowest BCUT2D eigenvalue weighted by molar-refractivity contribution is 0.0723. The topological polar surface area (TPSA) is 44.1 Å². The summed E-state index contributed by atoms with van der Waals surface area (Å²) in [5.41, 5.74) is 2.85. The number of esters is 1. The molecule has 28 heavy (non-hydrogen) atoms. The zero-order valence-corrected chi connectivity index (χ0v) is 17.1. The number of ether oxygens (including phenoxy) is 1. The van der Waals surface area contributed by atoms with Crippen LogP contribution < -0.4 is 4.74 Å². The summed E-state index contributed by atoms with van der Waals surface area (Å²) in [7, 11) is 0. The molecule has 140 valence electrons. The summed E-state index contributed by atoms with van der Waals surface area (Å²) in [5, 5.41) is 6.51. The molecule has 0 unspecified atom stereocenters. The molecule has 4 aromatic rings. The third-order valence-electron chi connectivity index (χ3n) is 4.12. The highest BCUT2D eigenvalue weighted by atomic mass is 32.2. The first-order valence-electron chi connectivity index (χ1n) is 8.77. The van der Waals surface area contributed by atoms with Gasteiger partial charge in [-0.25, -0.2) is 4.79 Å². The first-order chi connectivity index (χ1) is 13.6. The number of para-hydroxylation sites is 1. The van der Waals surface area contributed by atoms with E-state index in [1.54, 1.807) is 22.5 Å². The van der Waals surface area contributed by atoms with Crippen LogP contribution in [0.5, 0.6) is 5.88 Å². The van der Waals surface area contributed by atoms with Crippen LogP contribution in [0.3, 0.4) is 0 Å². The summed E-state index contributed by atoms with van der Waals surface area (Å²) in [6, 6.07) is 21.5. The van der Waals surface area contributed by atoms with Crippen LogP contribution in [0.4, 0.5) is 0 Å². The summed E-state index contributed by atoms with van der Waals surface area (Å²) in [6.45, 7) is 3.99. The van der Waals surface area contributed by atoms with Gasteiger partial charge in [0, 0.05) is 4.90 Å². The van der Waals surface area contributed by atoms with Crippen LogP contribution in [-0.2, 0) is 0 Å². The summed E-state index contributed by atoms with van der Waals surface area (Å²) in [4.78, 5) is 15.1. The normalized spacial score (nSPS) is 10.8. The maximum absolute atomic E-state index is 12.7. The Bertz CT molecular complexity index is 1090. The van der Waals surface area contributed by atoms with Gasteiger partial charge in [0.1, 0.15) is 4.88 Å². The van der Waals surface area contributed by atoms with Gasteiger partial charge in [0.25, 0.3) is 0 Å². The SMILES string of the molecule is Cc1ccc(Sc2c(C)nn(-c3ccccc3)c2OC(=O)c2cccs2)cc1. The number of aromatic nitrogens is 2. The van der Waals surface area contributed by atoms with E-state index in [1.165, 1.54) is 16.9 Å². The quantitative estimate of drug-likeness (QED) is 0.386. The van der Waals surface area contributed by atoms with Gasteiger partial charge in [-0.3, -0.25) is 0 Å². The van der Waals surface area contributed by atoms with Crippen LogP contribution >= 0.6 is 23.1 Å². The van der Waals surface area contributed by atoms with Gasteiger partial charge in [-0.05, 0) is 49.6 Å². The second-order valence-electron chi connectivity index (χ2n) is 6.25. The first-order valence-corrected chi connectivity index (χ1v) is 10.5. The van der Waals surface area contributed by atoms with Crippen molar-refractivity contribution in [1.82, 2.24) is 9.78 Å². The Labute approximate surface area is 171 Å². The second-order valence-corrected chi connectivity index (χ2v) is 8.28. The fourth-order valence-electron chi connectivity index (χ4n) is 2.70. The second kappa shape index (κ2) is 8.04. The molecule has 0 bridgehead atoms. The highest BCUT2D eigenvalue weighted by molar-refractivity contribution is 7.99. The van der Waals surface area contributed by atoms with E-state index in [-0.39, 0.29) is 5.97 Å². The number of carbonyl (C=O) groups excluding carboxylic acids is 1. The van der Waals surface area contributed by atoms with Crippen LogP contribution in [-0.4, -0.2) is 15.7 Å². The van der Waals surface area contributed by atoms with Crippen LogP contribution in [0.15, 0.2) is 81.9 Å². The minimum absolute atomic E-state index is 0.377. The van der Waals surface area contributed by atoms with Crippen molar-refractivity contribution in [3.05, 3.63) is 88.2 Å². The lowest BCUT2D eigenvalue weighted by Crippen LogP contribution is -2.11. The maximum atomic E-state index is 12.7. The van der Waals surface area contributed by atoms with Crippen molar-refractivity contribution in [2.24, 2.45) is 0 Å². The number of hydrogen-bond donors (Lipinski definition) is 0. The van der Waals surface area contributed by atoms with Gasteiger partial charge in [-0.1, -0.05) is 53.7 Å². The molecule has 2 aromatic carbocycles. The number of rotatable bonds is 5. The Morgan fingerprint density at radius 3 is 2.43 bits per heavy atom. The van der Waals surface area contributed by atoms with Crippen molar-refractivity contribution < 1.29 is 9.53 Å². The lowest BCUT2D eigenvalue weighted by atomic mass is 10.2. The van der Waals surface area contributed by atoms with Gasteiger partial charge in [0.05, 0.1) is 16.3 Å². The molecule has 6 heteroatoms. The number of benzene rings is 2. The van der Waals surface area contributed by atoms with Crippen molar-refractivity contribution in [1.29, 1.82) is 0 Å². The minimum atomic E-state index is -0.377. The molecule has 4 nitrogen and oxygen atoms in total. The first kappa shape index (κ1) is 18.5. The molecule has 4 rings (SSSR count). The molecule has 0 radical (unpaired) electrons. The van der Waals surface area contributed by atoms with Crippen molar-refractivity contribution >= 4 is 29.1 Å². The highest BCUT2D eigenvalue weighted by Crippen LogP contribution is 2.39. The van der Waals surface area contributed by atoms with Gasteiger partial charge in [0.2, 0.25) is 5.88 Å². The van der Waals surface area contributed by atoms with Gasteiger partial charge in [0.15, 0.2) is 0 Å². The molecule has 0 fully saturated rings. The molecule has 0 N–H and O–H groups in total. The Balaban J connectivity index is 1.77. The van der Waals surface area contributed by atoms with E-state index in [9.17, 15) is 4.79 Å². The Morgan fingerprint density at radius 1 is 1.00 bits per heavy atom. The van der Waals surface area contributed by atoms with E-state index in [0.29, 0.717) is 10.8 Å². The minimum Gasteiger partial charge on any atom is -0.402 e. The smallest absolute Gasteiger partial charge is 0.355 e. The summed E-state index contributed by atoms with van der Waals surface area (Å²) >= 11 is 2.91. The molecule has 0 atom stereocenters. The van der Waals surface area contributed by atoms with Crippen molar-refractivity contribution in [3.8, 4) is 11.6 Å². The number of carbonyl (C=O) groups is 1. The van der Waals surface area contributed by atoms with Crippen molar-refractivity contribution in [2.45, 2.75) is 23.6 Å². The molecular formula is C22H18N2O2S2. The predicted octanol–water partition coefficient (Wildman–Crippen LogP) is 5.92. The highest BCUT2D eigenvalue weighted by Gasteiger charge is 2.23. The van der Waals surface area contributed by atoms with Crippen LogP contribution in [0.1, 0.15) is 20.9 Å². The van der Waals surface area contributed by atoms with E-state index in [4.69, 9.17) is 4.74 Å². The predicted molar refractivity (Wildman–Crippen MR) is 113 cm³/mol. The van der Waals surface area contributed by atoms with Crippen LogP contribution in [0.2, 0.25) is 0 Å². The van der Waals surface area contributed by atoms with Gasteiger partial charge in [-0.15, -0.1) is 11.3 Å². The molecule has 0 aliphatic carbocycles. The summed E-state index contributed by atoms with van der Waals surface area (Å²) in [6.07, 6.45) is 0. The largest absolute Gasteiger partial charge is 0.402 e. The van der Waals surface area contributed by atoms with Crippen molar-refractivity contribution in [2.75, 3.05) is 0 Å². The average molecular weight is 407 g/mol. The Kier molecular flexibility index (Phi) is 5.32. The maximum Gasteiger partial charge on any atom is 0.355 e. The lowest BCUT2D eigenvalue weighted by Gasteiger charge is -2.09. The molecule has 0 amide bonds. The third-order valence-corrected chi connectivity index (χ3v) is 6.15. The fourth-order valence-corrected chi connectivity index (χ4v) is 4.21. The standard InChI is InChI=1S/C22H18N2O2S2/c1-15-10-12-18(13-11-15)28-20-16(2)23-24(17-7-4-3-5-8-17)21(20)26-22(25)19-9-6-14-27-19/h3-14H,1-2H3. The van der Waals surface area contributed by atoms with E-state index >= 15 is 0 Å². The van der Waals surface area contributed by atoms with Gasteiger partial charge >= 0.3 is 5.97 Å².